The molecule has 1 aliphatic carbocycles. The number of carbonyl (C=O) groups is 2. The van der Waals surface area contributed by atoms with Crippen molar-refractivity contribution in [1.29, 1.82) is 0 Å². The molecule has 0 radical (unpaired) electrons. The first-order valence-corrected chi connectivity index (χ1v) is 6.60. The third-order valence-corrected chi connectivity index (χ3v) is 3.30. The molecule has 0 aliphatic heterocycles. The van der Waals surface area contributed by atoms with Crippen LogP contribution in [-0.4, -0.2) is 51.4 Å². The summed E-state index contributed by atoms with van der Waals surface area (Å²) < 4.78 is 5.27. The average Bonchev–Trinajstić information content (AvgIpc) is 2.41. The largest absolute Gasteiger partial charge is 2.00 e. The summed E-state index contributed by atoms with van der Waals surface area (Å²) in [7, 11) is 0. The van der Waals surface area contributed by atoms with Crippen LogP contribution in [0.15, 0.2) is 18.2 Å². The number of rotatable bonds is 3. The van der Waals surface area contributed by atoms with Crippen LogP contribution in [0.4, 0.5) is 10.5 Å². The van der Waals surface area contributed by atoms with Gasteiger partial charge < -0.3 is 17.8 Å². The van der Waals surface area contributed by atoms with E-state index in [1.54, 1.807) is 0 Å². The van der Waals surface area contributed by atoms with Crippen LogP contribution in [-0.2, 0) is 4.74 Å². The van der Waals surface area contributed by atoms with Crippen LogP contribution in [0.2, 0.25) is 0 Å². The summed E-state index contributed by atoms with van der Waals surface area (Å²) in [6, 6.07) is 3.84. The van der Waals surface area contributed by atoms with Gasteiger partial charge in [0.15, 0.2) is 0 Å². The number of anilines is 1. The standard InChI is InChI=1S/C14H17NO5.Mg.2H/c16-12-7-6-9(8-11(12)13(17)18)15-14(19)20-10-4-2-1-3-5-10;;;/h6-8,10,16H,1-5H2,(H,15,19)(H,17,18);;;/q;+2;2*-1. The van der Waals surface area contributed by atoms with Crippen LogP contribution >= 0.6 is 0 Å². The van der Waals surface area contributed by atoms with E-state index in [4.69, 9.17) is 9.84 Å². The van der Waals surface area contributed by atoms with Gasteiger partial charge in [0.2, 0.25) is 0 Å². The minimum Gasteiger partial charge on any atom is -1.00 e. The van der Waals surface area contributed by atoms with Crippen LogP contribution in [0.5, 0.6) is 5.75 Å². The van der Waals surface area contributed by atoms with Gasteiger partial charge >= 0.3 is 35.1 Å². The Morgan fingerprint density at radius 1 is 1.24 bits per heavy atom. The maximum absolute atomic E-state index is 11.7. The van der Waals surface area contributed by atoms with Crippen molar-refractivity contribution in [2.75, 3.05) is 5.32 Å². The van der Waals surface area contributed by atoms with Crippen molar-refractivity contribution in [1.82, 2.24) is 0 Å². The van der Waals surface area contributed by atoms with E-state index in [-0.39, 0.29) is 49.0 Å². The zero-order valence-corrected chi connectivity index (χ0v) is 13.1. The fraction of sp³-hybridized carbons (Fsp3) is 0.429. The maximum atomic E-state index is 11.7. The Kier molecular flexibility index (Phi) is 6.77. The van der Waals surface area contributed by atoms with Crippen molar-refractivity contribution in [3.05, 3.63) is 23.8 Å². The van der Waals surface area contributed by atoms with Crippen molar-refractivity contribution in [3.63, 3.8) is 0 Å². The normalized spacial score (nSPS) is 14.9. The molecule has 1 aromatic rings. The Morgan fingerprint density at radius 2 is 1.90 bits per heavy atom. The smallest absolute Gasteiger partial charge is 1.00 e. The van der Waals surface area contributed by atoms with E-state index in [2.05, 4.69) is 5.32 Å². The number of ether oxygens (including phenoxy) is 1. The Morgan fingerprint density at radius 3 is 2.52 bits per heavy atom. The quantitative estimate of drug-likeness (QED) is 0.589. The molecule has 0 unspecified atom stereocenters. The average molecular weight is 306 g/mol. The first kappa shape index (κ1) is 17.6. The fourth-order valence-corrected chi connectivity index (χ4v) is 2.27. The van der Waals surface area contributed by atoms with Gasteiger partial charge in [-0.05, 0) is 43.9 Å². The van der Waals surface area contributed by atoms with E-state index in [0.29, 0.717) is 0 Å². The topological polar surface area (TPSA) is 95.9 Å². The second-order valence-electron chi connectivity index (χ2n) is 4.83. The molecule has 6 nitrogen and oxygen atoms in total. The van der Waals surface area contributed by atoms with E-state index >= 15 is 0 Å². The molecule has 1 fully saturated rings. The molecule has 1 aromatic carbocycles. The molecule has 0 heterocycles. The summed E-state index contributed by atoms with van der Waals surface area (Å²) in [5.41, 5.74) is 0.0153. The number of amides is 1. The van der Waals surface area contributed by atoms with Crippen LogP contribution in [0, 0.1) is 0 Å². The van der Waals surface area contributed by atoms with Crippen molar-refractivity contribution < 1.29 is 27.4 Å². The number of aromatic carboxylic acids is 1. The molecule has 1 aliphatic rings. The van der Waals surface area contributed by atoms with Gasteiger partial charge in [-0.25, -0.2) is 9.59 Å². The number of hydrogen-bond donors (Lipinski definition) is 3. The molecular formula is C14H19MgNO5. The van der Waals surface area contributed by atoms with E-state index < -0.39 is 12.1 Å². The van der Waals surface area contributed by atoms with Gasteiger partial charge in [0.05, 0.1) is 0 Å². The Balaban J connectivity index is 0. The van der Waals surface area contributed by atoms with Gasteiger partial charge in [0.25, 0.3) is 0 Å². The molecule has 3 N–H and O–H groups in total. The van der Waals surface area contributed by atoms with Crippen LogP contribution in [0.1, 0.15) is 45.3 Å². The monoisotopic (exact) mass is 305 g/mol. The summed E-state index contributed by atoms with van der Waals surface area (Å²) in [4.78, 5) is 22.6. The molecule has 0 spiro atoms. The predicted octanol–water partition coefficient (Wildman–Crippen LogP) is 2.82. The third-order valence-electron chi connectivity index (χ3n) is 3.30. The third kappa shape index (κ3) is 5.09. The Hall–Kier alpha value is -1.47. The summed E-state index contributed by atoms with van der Waals surface area (Å²) in [6.07, 6.45) is 4.34. The van der Waals surface area contributed by atoms with Crippen LogP contribution < -0.4 is 5.32 Å². The maximum Gasteiger partial charge on any atom is 2.00 e. The summed E-state index contributed by atoms with van der Waals surface area (Å²) in [5.74, 6) is -1.60. The van der Waals surface area contributed by atoms with Gasteiger partial charge in [0.1, 0.15) is 17.4 Å². The first-order valence-electron chi connectivity index (χ1n) is 6.60. The molecule has 21 heavy (non-hydrogen) atoms. The number of aromatic hydroxyl groups is 1. The van der Waals surface area contributed by atoms with E-state index in [0.717, 1.165) is 25.7 Å². The van der Waals surface area contributed by atoms with Gasteiger partial charge in [-0.1, -0.05) is 6.42 Å². The van der Waals surface area contributed by atoms with E-state index in [1.165, 1.54) is 24.6 Å². The van der Waals surface area contributed by atoms with Crippen molar-refractivity contribution in [2.45, 2.75) is 38.2 Å². The Bertz CT molecular complexity index is 524. The molecule has 1 saturated carbocycles. The van der Waals surface area contributed by atoms with Gasteiger partial charge in [0, 0.05) is 5.69 Å². The van der Waals surface area contributed by atoms with Gasteiger partial charge in [-0.2, -0.15) is 0 Å². The minimum absolute atomic E-state index is 0. The number of hydrogen-bond acceptors (Lipinski definition) is 4. The number of carboxylic acids is 1. The molecule has 0 bridgehead atoms. The SMILES string of the molecule is O=C(Nc1ccc(O)c(C(=O)O)c1)OC1CCCCC1.[H-].[H-].[Mg+2]. The molecule has 0 atom stereocenters. The molecule has 0 saturated heterocycles. The summed E-state index contributed by atoms with van der Waals surface area (Å²) in [5, 5.41) is 20.7. The van der Waals surface area contributed by atoms with E-state index in [9.17, 15) is 14.7 Å². The van der Waals surface area contributed by atoms with Crippen molar-refractivity contribution in [3.8, 4) is 5.75 Å². The summed E-state index contributed by atoms with van der Waals surface area (Å²) in [6.45, 7) is 0. The molecule has 0 aromatic heterocycles. The molecule has 2 rings (SSSR count). The van der Waals surface area contributed by atoms with Crippen molar-refractivity contribution >= 4 is 40.8 Å². The number of nitrogens with one attached hydrogen (secondary N) is 1. The zero-order valence-electron chi connectivity index (χ0n) is 13.7. The number of carbonyl (C=O) groups excluding carboxylic acids is 1. The molecule has 7 heteroatoms. The summed E-state index contributed by atoms with van der Waals surface area (Å²) >= 11 is 0. The minimum atomic E-state index is -1.26. The van der Waals surface area contributed by atoms with E-state index in [1.807, 2.05) is 0 Å². The van der Waals surface area contributed by atoms with Gasteiger partial charge in [-0.15, -0.1) is 0 Å². The second-order valence-corrected chi connectivity index (χ2v) is 4.83. The molecule has 1 amide bonds. The van der Waals surface area contributed by atoms with Gasteiger partial charge in [-0.3, -0.25) is 5.32 Å². The fourth-order valence-electron chi connectivity index (χ4n) is 2.27. The number of carboxylic acid groups (broad SMARTS) is 1. The zero-order chi connectivity index (χ0) is 14.5. The number of phenols is 1. The van der Waals surface area contributed by atoms with Crippen LogP contribution in [0.25, 0.3) is 0 Å². The van der Waals surface area contributed by atoms with Crippen molar-refractivity contribution in [2.24, 2.45) is 0 Å². The van der Waals surface area contributed by atoms with Crippen LogP contribution in [0.3, 0.4) is 0 Å². The predicted molar refractivity (Wildman–Crippen MR) is 80.0 cm³/mol. The molecule has 112 valence electrons. The second kappa shape index (κ2) is 8.09. The number of benzene rings is 1. The first-order chi connectivity index (χ1) is 9.56. The molecular weight excluding hydrogens is 286 g/mol. The Labute approximate surface area is 141 Å².